The van der Waals surface area contributed by atoms with Crippen LogP contribution in [-0.2, 0) is 53.4 Å². The van der Waals surface area contributed by atoms with Gasteiger partial charge in [0.25, 0.3) is 0 Å². The van der Waals surface area contributed by atoms with Crippen LogP contribution in [0.15, 0.2) is 122 Å². The molecule has 24 heteroatoms. The Balaban J connectivity index is 0.000000183. The van der Waals surface area contributed by atoms with Crippen molar-refractivity contribution in [1.82, 2.24) is 49.0 Å². The average molecular weight is 1190 g/mol. The van der Waals surface area contributed by atoms with Crippen LogP contribution >= 0.6 is 0 Å². The van der Waals surface area contributed by atoms with E-state index in [2.05, 4.69) is 49.6 Å². The average Bonchev–Trinajstić information content (AvgIpc) is 2.24. The summed E-state index contributed by atoms with van der Waals surface area (Å²) in [5.41, 5.74) is 3.53. The van der Waals surface area contributed by atoms with E-state index in [0.29, 0.717) is 83.0 Å². The first-order chi connectivity index (χ1) is 42.4. The number of aromatic nitrogens is 10. The van der Waals surface area contributed by atoms with E-state index in [4.69, 9.17) is 36.8 Å². The number of carboxylic acid groups (broad SMARTS) is 1. The minimum atomic E-state index is -1.18. The molecule has 2 fully saturated rings. The van der Waals surface area contributed by atoms with Gasteiger partial charge in [-0.15, -0.1) is 0 Å². The largest absolute Gasteiger partial charge is 0.477 e. The molecule has 10 aromatic rings. The summed E-state index contributed by atoms with van der Waals surface area (Å²) in [6.45, 7) is 21.5. The molecule has 10 heterocycles. The quantitative estimate of drug-likeness (QED) is 0.0479. The van der Waals surface area contributed by atoms with Crippen LogP contribution in [0.1, 0.15) is 88.8 Å². The summed E-state index contributed by atoms with van der Waals surface area (Å²) in [6.07, 6.45) is 4.28. The summed E-state index contributed by atoms with van der Waals surface area (Å²) in [5.74, 6) is -3.08. The summed E-state index contributed by atoms with van der Waals surface area (Å²) < 4.78 is 93.5. The lowest BCUT2D eigenvalue weighted by Gasteiger charge is -2.27. The molecule has 0 radical (unpaired) electrons. The molecule has 444 valence electrons. The molecule has 8 aromatic heterocycles. The van der Waals surface area contributed by atoms with Gasteiger partial charge in [0, 0.05) is 61.7 Å². The van der Waals surface area contributed by atoms with E-state index in [1.807, 2.05) is 0 Å². The molecule has 2 saturated heterocycles. The van der Waals surface area contributed by atoms with E-state index in [1.165, 1.54) is 18.5 Å². The van der Waals surface area contributed by atoms with Gasteiger partial charge in [-0.2, -0.15) is 0 Å². The Morgan fingerprint density at radius 2 is 1.06 bits per heavy atom. The van der Waals surface area contributed by atoms with E-state index in [0.717, 1.165) is 37.1 Å². The number of hydrogen-bond acceptors (Lipinski definition) is 15. The second-order valence-electron chi connectivity index (χ2n) is 21.5. The van der Waals surface area contributed by atoms with Gasteiger partial charge in [-0.3, -0.25) is 9.97 Å². The maximum atomic E-state index is 15.6. The Labute approximate surface area is 500 Å². The van der Waals surface area contributed by atoms with E-state index in [-0.39, 0.29) is 95.1 Å². The fraction of sp³-hybridized carbons (Fsp3) is 0.250. The second kappa shape index (κ2) is 25.6. The summed E-state index contributed by atoms with van der Waals surface area (Å²) in [4.78, 5) is 65.8. The number of aromatic carboxylic acids is 1. The van der Waals surface area contributed by atoms with Crippen molar-refractivity contribution in [2.24, 2.45) is 0 Å². The standard InChI is InChI=1S/C34H30F2N6O4.C30H22F2N6O4/c1-34(2,3)46-33(43)29-11-10-28-32(41-29)42(18-23-12-13-44-23)30(39-28)15-20-14-26(36)24(16-25(20)35)27-6-5-7-31(40-27)45-19-22-9-8-21(37-4)17-38-22;1-33-18-5-6-19(34-14-18)16-42-28-4-2-3-24(36-28)21-13-22(31)17(11-23(21)32)12-27-35-25-7-8-26(30(39)40)37-29(25)38(27)15-20-9-10-41-20/h5-11,14,16-17,23H,12-13,15,18-19H2,1-3H3;2-8,11,13-14,20H,9-10,12,15-16H2,(H,39,40)/t23-;20-/m00/s1. The van der Waals surface area contributed by atoms with Crippen molar-refractivity contribution in [2.45, 2.75) is 90.6 Å². The van der Waals surface area contributed by atoms with Gasteiger partial charge < -0.3 is 37.9 Å². The molecular formula is C64H52F4N12O8. The van der Waals surface area contributed by atoms with Crippen molar-refractivity contribution in [3.8, 4) is 34.3 Å². The topological polar surface area (TPSA) is 222 Å². The van der Waals surface area contributed by atoms with Crippen LogP contribution in [0.25, 0.3) is 54.5 Å². The Kier molecular flexibility index (Phi) is 17.2. The summed E-state index contributed by atoms with van der Waals surface area (Å²) in [7, 11) is 0. The van der Waals surface area contributed by atoms with E-state index < -0.39 is 40.8 Å². The Hall–Kier alpha value is -10.6. The smallest absolute Gasteiger partial charge is 0.357 e. The van der Waals surface area contributed by atoms with Crippen molar-refractivity contribution in [3.63, 3.8) is 0 Å². The maximum absolute atomic E-state index is 15.6. The molecule has 0 bridgehead atoms. The van der Waals surface area contributed by atoms with Crippen LogP contribution in [0.3, 0.4) is 0 Å². The molecule has 2 aliphatic rings. The van der Waals surface area contributed by atoms with Gasteiger partial charge in [0.15, 0.2) is 22.7 Å². The van der Waals surface area contributed by atoms with Crippen LogP contribution in [-0.4, -0.2) is 97.1 Å². The van der Waals surface area contributed by atoms with Gasteiger partial charge in [-0.25, -0.2) is 66.7 Å². The Morgan fingerprint density at radius 1 is 0.602 bits per heavy atom. The lowest BCUT2D eigenvalue weighted by molar-refractivity contribution is -0.0591. The van der Waals surface area contributed by atoms with Crippen molar-refractivity contribution in [3.05, 3.63) is 213 Å². The highest BCUT2D eigenvalue weighted by Crippen LogP contribution is 2.32. The summed E-state index contributed by atoms with van der Waals surface area (Å²) in [5, 5.41) is 9.39. The first-order valence-electron chi connectivity index (χ1n) is 27.7. The van der Waals surface area contributed by atoms with Crippen LogP contribution in [0.5, 0.6) is 11.8 Å². The molecule has 0 aliphatic carbocycles. The molecular weight excluding hydrogens is 1140 g/mol. The summed E-state index contributed by atoms with van der Waals surface area (Å²) in [6, 6.07) is 26.8. The van der Waals surface area contributed by atoms with E-state index in [1.54, 1.807) is 109 Å². The molecule has 0 spiro atoms. The number of rotatable bonds is 18. The highest BCUT2D eigenvalue weighted by atomic mass is 19.1. The number of pyridine rings is 6. The van der Waals surface area contributed by atoms with Gasteiger partial charge in [-0.05, 0) is 118 Å². The number of fused-ring (bicyclic) bond motifs is 2. The van der Waals surface area contributed by atoms with Gasteiger partial charge in [0.05, 0.1) is 61.2 Å². The third-order valence-corrected chi connectivity index (χ3v) is 14.1. The van der Waals surface area contributed by atoms with Crippen molar-refractivity contribution in [2.75, 3.05) is 13.2 Å². The fourth-order valence-electron chi connectivity index (χ4n) is 9.48. The first-order valence-corrected chi connectivity index (χ1v) is 27.7. The molecule has 2 aromatic carbocycles. The third-order valence-electron chi connectivity index (χ3n) is 14.1. The van der Waals surface area contributed by atoms with E-state index >= 15 is 17.6 Å². The molecule has 0 unspecified atom stereocenters. The Morgan fingerprint density at radius 3 is 1.45 bits per heavy atom. The monoisotopic (exact) mass is 1190 g/mol. The number of carboxylic acids is 1. The zero-order valence-corrected chi connectivity index (χ0v) is 47.5. The minimum absolute atomic E-state index is 0.0220. The highest BCUT2D eigenvalue weighted by molar-refractivity contribution is 5.90. The van der Waals surface area contributed by atoms with Crippen LogP contribution in [0.4, 0.5) is 28.9 Å². The minimum Gasteiger partial charge on any atom is -0.477 e. The summed E-state index contributed by atoms with van der Waals surface area (Å²) >= 11 is 0. The van der Waals surface area contributed by atoms with Gasteiger partial charge in [0.2, 0.25) is 23.1 Å². The number of halogens is 4. The lowest BCUT2D eigenvalue weighted by Crippen LogP contribution is -2.32. The lowest BCUT2D eigenvalue weighted by atomic mass is 10.0. The molecule has 12 rings (SSSR count). The predicted octanol–water partition coefficient (Wildman–Crippen LogP) is 12.0. The van der Waals surface area contributed by atoms with E-state index in [9.17, 15) is 14.7 Å². The van der Waals surface area contributed by atoms with Gasteiger partial charge in [0.1, 0.15) is 64.8 Å². The van der Waals surface area contributed by atoms with Crippen LogP contribution in [0.2, 0.25) is 0 Å². The Bertz CT molecular complexity index is 4360. The number of carbonyl (C=O) groups is 2. The predicted molar refractivity (Wildman–Crippen MR) is 310 cm³/mol. The number of hydrogen-bond donors (Lipinski definition) is 1. The molecule has 2 aliphatic heterocycles. The third kappa shape index (κ3) is 13.7. The number of imidazole rings is 2. The number of benzene rings is 2. The van der Waals surface area contributed by atoms with Crippen LogP contribution in [0, 0.1) is 36.4 Å². The second-order valence-corrected chi connectivity index (χ2v) is 21.5. The van der Waals surface area contributed by atoms with Crippen molar-refractivity contribution >= 4 is 45.6 Å². The van der Waals surface area contributed by atoms with Gasteiger partial charge >= 0.3 is 11.9 Å². The molecule has 0 amide bonds. The number of ether oxygens (including phenoxy) is 5. The zero-order chi connectivity index (χ0) is 61.6. The molecule has 2 atom stereocenters. The van der Waals surface area contributed by atoms with Crippen molar-refractivity contribution in [1.29, 1.82) is 0 Å². The molecule has 20 nitrogen and oxygen atoms in total. The normalized spacial score (nSPS) is 14.4. The maximum Gasteiger partial charge on any atom is 0.357 e. The SMILES string of the molecule is [C-]#[N+]c1ccc(COc2cccc(-c3cc(F)c(Cc4nc5ccc(C(=O)O)nc5n4C[C@@H]4CCO4)cc3F)n2)nc1.[C-]#[N+]c1ccc(COc2cccc(-c3cc(F)c(Cc4nc5ccc(C(=O)OC(C)(C)C)nc5n4C[C@@H]4CCO4)cc3F)n2)nc1. The molecule has 0 saturated carbocycles. The molecule has 88 heavy (non-hydrogen) atoms. The number of nitrogens with zero attached hydrogens (tertiary/aromatic N) is 12. The number of carbonyl (C=O) groups excluding carboxylic acids is 1. The first kappa shape index (κ1) is 59.2. The van der Waals surface area contributed by atoms with Crippen LogP contribution < -0.4 is 9.47 Å². The van der Waals surface area contributed by atoms with Crippen molar-refractivity contribution < 1.29 is 55.9 Å². The molecule has 1 N–H and O–H groups in total. The zero-order valence-electron chi connectivity index (χ0n) is 47.5. The van der Waals surface area contributed by atoms with Gasteiger partial charge in [-0.1, -0.05) is 24.3 Å². The number of esters is 1. The highest BCUT2D eigenvalue weighted by Gasteiger charge is 2.28. The fourth-order valence-corrected chi connectivity index (χ4v) is 9.48.